The van der Waals surface area contributed by atoms with Crippen LogP contribution in [0.4, 0.5) is 0 Å². The lowest BCUT2D eigenvalue weighted by molar-refractivity contribution is 0.229. The Bertz CT molecular complexity index is 407. The Hall–Kier alpha value is -1.06. The molecule has 0 saturated carbocycles. The van der Waals surface area contributed by atoms with Crippen LogP contribution in [0.15, 0.2) is 24.3 Å². The van der Waals surface area contributed by atoms with Gasteiger partial charge in [-0.15, -0.1) is 0 Å². The lowest BCUT2D eigenvalue weighted by atomic mass is 9.95. The summed E-state index contributed by atoms with van der Waals surface area (Å²) < 4.78 is 0. The second-order valence-electron chi connectivity index (χ2n) is 5.38. The second-order valence-corrected chi connectivity index (χ2v) is 5.38. The van der Waals surface area contributed by atoms with Crippen LogP contribution < -0.4 is 5.32 Å². The number of phenolic OH excluding ortho intramolecular Hbond substituents is 1. The van der Waals surface area contributed by atoms with Gasteiger partial charge in [-0.1, -0.05) is 18.2 Å². The molecule has 92 valence electrons. The zero-order valence-electron chi connectivity index (χ0n) is 10.3. The fraction of sp³-hybridized carbons (Fsp3) is 0.571. The molecule has 2 N–H and O–H groups in total. The number of hydrogen-bond donors (Lipinski definition) is 2. The molecule has 2 fully saturated rings. The van der Waals surface area contributed by atoms with Crippen LogP contribution >= 0.6 is 0 Å². The molecule has 3 atom stereocenters. The van der Waals surface area contributed by atoms with Crippen LogP contribution in [0, 0.1) is 11.8 Å². The van der Waals surface area contributed by atoms with E-state index in [0.717, 1.165) is 43.6 Å². The largest absolute Gasteiger partial charge is 0.508 e. The van der Waals surface area contributed by atoms with E-state index in [4.69, 9.17) is 0 Å². The maximum atomic E-state index is 9.82. The van der Waals surface area contributed by atoms with E-state index in [0.29, 0.717) is 11.8 Å². The predicted octanol–water partition coefficient (Wildman–Crippen LogP) is 1.43. The fourth-order valence-electron chi connectivity index (χ4n) is 3.33. The minimum Gasteiger partial charge on any atom is -0.508 e. The van der Waals surface area contributed by atoms with Crippen LogP contribution in [0.3, 0.4) is 0 Å². The van der Waals surface area contributed by atoms with Gasteiger partial charge in [-0.25, -0.2) is 0 Å². The summed E-state index contributed by atoms with van der Waals surface area (Å²) in [5.74, 6) is 2.02. The SMILES string of the molecule is CC1C2CNCC2CN1Cc1ccccc1O. The van der Waals surface area contributed by atoms with Gasteiger partial charge in [0, 0.05) is 24.7 Å². The molecule has 0 aromatic heterocycles. The van der Waals surface area contributed by atoms with Crippen molar-refractivity contribution in [1.82, 2.24) is 10.2 Å². The number of hydrogen-bond acceptors (Lipinski definition) is 3. The maximum Gasteiger partial charge on any atom is 0.120 e. The summed E-state index contributed by atoms with van der Waals surface area (Å²) in [6.07, 6.45) is 0. The number of nitrogens with zero attached hydrogens (tertiary/aromatic N) is 1. The Kier molecular flexibility index (Phi) is 2.81. The molecule has 2 aliphatic rings. The summed E-state index contributed by atoms with van der Waals surface area (Å²) in [6.45, 7) is 6.67. The monoisotopic (exact) mass is 232 g/mol. The van der Waals surface area contributed by atoms with Crippen LogP contribution in [0.2, 0.25) is 0 Å². The lowest BCUT2D eigenvalue weighted by Crippen LogP contribution is -2.32. The van der Waals surface area contributed by atoms with Crippen molar-refractivity contribution in [3.05, 3.63) is 29.8 Å². The highest BCUT2D eigenvalue weighted by atomic mass is 16.3. The van der Waals surface area contributed by atoms with Crippen LogP contribution in [0.25, 0.3) is 0 Å². The first kappa shape index (κ1) is 11.1. The number of likely N-dealkylation sites (tertiary alicyclic amines) is 1. The van der Waals surface area contributed by atoms with Gasteiger partial charge in [-0.2, -0.15) is 0 Å². The van der Waals surface area contributed by atoms with Crippen molar-refractivity contribution >= 4 is 0 Å². The summed E-state index contributed by atoms with van der Waals surface area (Å²) in [5.41, 5.74) is 1.05. The maximum absolute atomic E-state index is 9.82. The smallest absolute Gasteiger partial charge is 0.120 e. The third-order valence-corrected chi connectivity index (χ3v) is 4.42. The number of nitrogens with one attached hydrogen (secondary N) is 1. The number of fused-ring (bicyclic) bond motifs is 1. The molecule has 3 unspecified atom stereocenters. The van der Waals surface area contributed by atoms with E-state index >= 15 is 0 Å². The second kappa shape index (κ2) is 4.31. The Morgan fingerprint density at radius 2 is 2.18 bits per heavy atom. The predicted molar refractivity (Wildman–Crippen MR) is 67.8 cm³/mol. The Labute approximate surface area is 102 Å². The molecule has 2 aliphatic heterocycles. The lowest BCUT2D eigenvalue weighted by Gasteiger charge is -2.24. The highest BCUT2D eigenvalue weighted by Gasteiger charge is 2.41. The van der Waals surface area contributed by atoms with Crippen molar-refractivity contribution in [3.8, 4) is 5.75 Å². The van der Waals surface area contributed by atoms with E-state index < -0.39 is 0 Å². The molecule has 0 radical (unpaired) electrons. The molecule has 0 amide bonds. The van der Waals surface area contributed by atoms with Gasteiger partial charge in [-0.3, -0.25) is 4.90 Å². The molecule has 17 heavy (non-hydrogen) atoms. The van der Waals surface area contributed by atoms with E-state index in [1.54, 1.807) is 6.07 Å². The third kappa shape index (κ3) is 1.94. The van der Waals surface area contributed by atoms with Gasteiger partial charge in [0.05, 0.1) is 0 Å². The number of phenols is 1. The van der Waals surface area contributed by atoms with Gasteiger partial charge >= 0.3 is 0 Å². The number of benzene rings is 1. The van der Waals surface area contributed by atoms with Gasteiger partial charge in [0.15, 0.2) is 0 Å². The first-order chi connectivity index (χ1) is 8.25. The first-order valence-electron chi connectivity index (χ1n) is 6.47. The van der Waals surface area contributed by atoms with E-state index in [2.05, 4.69) is 17.1 Å². The van der Waals surface area contributed by atoms with Crippen LogP contribution in [-0.2, 0) is 6.54 Å². The van der Waals surface area contributed by atoms with Gasteiger partial charge in [0.25, 0.3) is 0 Å². The molecule has 3 nitrogen and oxygen atoms in total. The van der Waals surface area contributed by atoms with Crippen molar-refractivity contribution in [2.75, 3.05) is 19.6 Å². The summed E-state index contributed by atoms with van der Waals surface area (Å²) in [4.78, 5) is 2.51. The molecule has 3 heteroatoms. The molecule has 0 aliphatic carbocycles. The number of aromatic hydroxyl groups is 1. The Morgan fingerprint density at radius 1 is 1.35 bits per heavy atom. The minimum atomic E-state index is 0.426. The topological polar surface area (TPSA) is 35.5 Å². The van der Waals surface area contributed by atoms with Crippen molar-refractivity contribution in [2.45, 2.75) is 19.5 Å². The molecule has 0 spiro atoms. The molecule has 1 aromatic rings. The normalized spacial score (nSPS) is 32.9. The average molecular weight is 232 g/mol. The van der Waals surface area contributed by atoms with Gasteiger partial charge in [0.1, 0.15) is 5.75 Å². The highest BCUT2D eigenvalue weighted by Crippen LogP contribution is 2.34. The molecule has 0 bridgehead atoms. The van der Waals surface area contributed by atoms with Gasteiger partial charge in [-0.05, 0) is 37.9 Å². The van der Waals surface area contributed by atoms with E-state index in [1.807, 2.05) is 18.2 Å². The molecular weight excluding hydrogens is 212 g/mol. The Morgan fingerprint density at radius 3 is 2.94 bits per heavy atom. The van der Waals surface area contributed by atoms with E-state index in [9.17, 15) is 5.11 Å². The molecule has 2 saturated heterocycles. The summed E-state index contributed by atoms with van der Waals surface area (Å²) in [7, 11) is 0. The minimum absolute atomic E-state index is 0.426. The molecule has 2 heterocycles. The summed E-state index contributed by atoms with van der Waals surface area (Å²) in [5, 5.41) is 13.3. The number of para-hydroxylation sites is 1. The summed E-state index contributed by atoms with van der Waals surface area (Å²) in [6, 6.07) is 8.30. The average Bonchev–Trinajstić information content (AvgIpc) is 2.87. The number of rotatable bonds is 2. The van der Waals surface area contributed by atoms with Crippen LogP contribution in [0.1, 0.15) is 12.5 Å². The standard InChI is InChI=1S/C14H20N2O/c1-10-13-7-15-6-12(13)9-16(10)8-11-4-2-3-5-14(11)17/h2-5,10,12-13,15,17H,6-9H2,1H3. The first-order valence-corrected chi connectivity index (χ1v) is 6.47. The fourth-order valence-corrected chi connectivity index (χ4v) is 3.33. The zero-order valence-corrected chi connectivity index (χ0v) is 10.3. The quantitative estimate of drug-likeness (QED) is 0.810. The van der Waals surface area contributed by atoms with Crippen molar-refractivity contribution in [2.24, 2.45) is 11.8 Å². The van der Waals surface area contributed by atoms with Crippen LogP contribution in [-0.4, -0.2) is 35.7 Å². The third-order valence-electron chi connectivity index (χ3n) is 4.42. The molecule has 3 rings (SSSR count). The Balaban J connectivity index is 1.73. The van der Waals surface area contributed by atoms with Crippen molar-refractivity contribution in [3.63, 3.8) is 0 Å². The van der Waals surface area contributed by atoms with Crippen LogP contribution in [0.5, 0.6) is 5.75 Å². The van der Waals surface area contributed by atoms with E-state index in [1.165, 1.54) is 0 Å². The summed E-state index contributed by atoms with van der Waals surface area (Å²) >= 11 is 0. The molecule has 1 aromatic carbocycles. The van der Waals surface area contributed by atoms with Crippen molar-refractivity contribution < 1.29 is 5.11 Å². The van der Waals surface area contributed by atoms with E-state index in [-0.39, 0.29) is 0 Å². The van der Waals surface area contributed by atoms with Gasteiger partial charge < -0.3 is 10.4 Å². The highest BCUT2D eigenvalue weighted by molar-refractivity contribution is 5.31. The van der Waals surface area contributed by atoms with Gasteiger partial charge in [0.2, 0.25) is 0 Å². The molecular formula is C14H20N2O. The zero-order chi connectivity index (χ0) is 11.8. The van der Waals surface area contributed by atoms with Crippen molar-refractivity contribution in [1.29, 1.82) is 0 Å².